The lowest BCUT2D eigenvalue weighted by atomic mass is 9.89. The van der Waals surface area contributed by atoms with Gasteiger partial charge in [0.25, 0.3) is 0 Å². The zero-order chi connectivity index (χ0) is 28.6. The smallest absolute Gasteiger partial charge is 0.407 e. The minimum absolute atomic E-state index is 0.0164. The Balaban J connectivity index is 1.06. The van der Waals surface area contributed by atoms with Crippen LogP contribution in [0, 0.1) is 11.6 Å². The lowest BCUT2D eigenvalue weighted by molar-refractivity contribution is -0.134. The van der Waals surface area contributed by atoms with Crippen molar-refractivity contribution in [2.45, 2.75) is 30.9 Å². The van der Waals surface area contributed by atoms with Crippen molar-refractivity contribution in [1.82, 2.24) is 15.5 Å². The maximum Gasteiger partial charge on any atom is 0.407 e. The van der Waals surface area contributed by atoms with Crippen molar-refractivity contribution in [3.8, 4) is 5.75 Å². The molecule has 40 heavy (non-hydrogen) atoms. The second-order valence-electron chi connectivity index (χ2n) is 10.0. The minimum atomic E-state index is -1.06. The van der Waals surface area contributed by atoms with Crippen molar-refractivity contribution in [1.29, 1.82) is 0 Å². The van der Waals surface area contributed by atoms with Gasteiger partial charge in [0.2, 0.25) is 11.8 Å². The Morgan fingerprint density at radius 3 is 2.30 bits per heavy atom. The highest BCUT2D eigenvalue weighted by molar-refractivity contribution is 6.01. The Hall–Kier alpha value is -4.42. The molecule has 212 valence electrons. The van der Waals surface area contributed by atoms with E-state index in [1.807, 2.05) is 0 Å². The first kappa shape index (κ1) is 27.2. The normalized spacial score (nSPS) is 19.4. The molecule has 11 nitrogen and oxygen atoms in total. The SMILES string of the molecule is COc1ccc(N(C)C(=O)N2CC(OC(=O)NC3CN(c4cc(F)c(C5CCC(=O)NC5=O)c(F)c4)C3)C2)cc1. The number of imide groups is 1. The quantitative estimate of drug-likeness (QED) is 0.523. The molecule has 5 amide bonds. The number of likely N-dealkylation sites (tertiary alicyclic amines) is 1. The zero-order valence-corrected chi connectivity index (χ0v) is 22.0. The number of nitrogens with zero attached hydrogens (tertiary/aromatic N) is 3. The van der Waals surface area contributed by atoms with Gasteiger partial charge >= 0.3 is 12.1 Å². The number of hydrogen-bond donors (Lipinski definition) is 2. The second-order valence-corrected chi connectivity index (χ2v) is 10.0. The number of anilines is 2. The molecular weight excluding hydrogens is 528 g/mol. The number of halogens is 2. The number of rotatable bonds is 6. The van der Waals surface area contributed by atoms with Gasteiger partial charge in [-0.15, -0.1) is 0 Å². The lowest BCUT2D eigenvalue weighted by Gasteiger charge is -2.43. The molecule has 0 aliphatic carbocycles. The Morgan fingerprint density at radius 1 is 1.05 bits per heavy atom. The molecule has 0 saturated carbocycles. The maximum atomic E-state index is 14.8. The van der Waals surface area contributed by atoms with Crippen LogP contribution in [-0.4, -0.2) is 81.3 Å². The van der Waals surface area contributed by atoms with E-state index in [1.54, 1.807) is 48.2 Å². The van der Waals surface area contributed by atoms with Gasteiger partial charge in [-0.25, -0.2) is 18.4 Å². The van der Waals surface area contributed by atoms with Gasteiger partial charge in [-0.3, -0.25) is 19.8 Å². The van der Waals surface area contributed by atoms with Crippen LogP contribution in [0.5, 0.6) is 5.75 Å². The van der Waals surface area contributed by atoms with Crippen LogP contribution < -0.4 is 25.2 Å². The molecule has 1 atom stereocenters. The van der Waals surface area contributed by atoms with Crippen molar-refractivity contribution >= 4 is 35.3 Å². The first-order chi connectivity index (χ1) is 19.1. The molecule has 1 unspecified atom stereocenters. The molecule has 0 radical (unpaired) electrons. The highest BCUT2D eigenvalue weighted by Gasteiger charge is 2.37. The van der Waals surface area contributed by atoms with Crippen molar-refractivity contribution in [2.75, 3.05) is 50.1 Å². The number of nitrogens with one attached hydrogen (secondary N) is 2. The predicted octanol–water partition coefficient (Wildman–Crippen LogP) is 2.35. The van der Waals surface area contributed by atoms with Gasteiger partial charge in [-0.1, -0.05) is 0 Å². The molecule has 2 aromatic rings. The molecule has 3 saturated heterocycles. The average Bonchev–Trinajstić information content (AvgIpc) is 2.87. The van der Waals surface area contributed by atoms with Gasteiger partial charge in [0.05, 0.1) is 32.2 Å². The molecule has 3 fully saturated rings. The van der Waals surface area contributed by atoms with Gasteiger partial charge < -0.3 is 24.6 Å². The molecule has 2 aromatic carbocycles. The summed E-state index contributed by atoms with van der Waals surface area (Å²) in [4.78, 5) is 53.1. The summed E-state index contributed by atoms with van der Waals surface area (Å²) in [6, 6.07) is 8.87. The Labute approximate surface area is 229 Å². The number of piperidine rings is 1. The van der Waals surface area contributed by atoms with Gasteiger partial charge in [-0.2, -0.15) is 0 Å². The third-order valence-corrected chi connectivity index (χ3v) is 7.36. The summed E-state index contributed by atoms with van der Waals surface area (Å²) in [5.74, 6) is -3.27. The number of hydrogen-bond acceptors (Lipinski definition) is 7. The molecule has 0 spiro atoms. The van der Waals surface area contributed by atoms with Crippen LogP contribution in [0.25, 0.3) is 0 Å². The van der Waals surface area contributed by atoms with Crippen LogP contribution in [0.15, 0.2) is 36.4 Å². The van der Waals surface area contributed by atoms with E-state index in [0.29, 0.717) is 24.5 Å². The van der Waals surface area contributed by atoms with E-state index in [2.05, 4.69) is 10.6 Å². The minimum Gasteiger partial charge on any atom is -0.497 e. The summed E-state index contributed by atoms with van der Waals surface area (Å²) in [6.45, 7) is 1.16. The van der Waals surface area contributed by atoms with Crippen LogP contribution in [0.3, 0.4) is 0 Å². The third-order valence-electron chi connectivity index (χ3n) is 7.36. The van der Waals surface area contributed by atoms with E-state index in [-0.39, 0.29) is 49.3 Å². The van der Waals surface area contributed by atoms with Gasteiger partial charge in [0.15, 0.2) is 0 Å². The molecular formula is C27H29F2N5O6. The Bertz CT molecular complexity index is 1300. The standard InChI is InChI=1S/C27H29F2N5O6/c1-32(16-3-5-18(39-2)6-4-16)27(38)34-13-19(14-34)40-26(37)30-15-11-33(12-15)17-9-21(28)24(22(29)10-17)20-7-8-23(35)31-25(20)36/h3-6,9-10,15,19-20H,7-8,11-14H2,1-2H3,(H,30,37)(H,31,35,36). The molecule has 5 rings (SSSR count). The van der Waals surface area contributed by atoms with Crippen molar-refractivity contribution in [3.63, 3.8) is 0 Å². The molecule has 3 aliphatic rings. The maximum absolute atomic E-state index is 14.8. The van der Waals surface area contributed by atoms with E-state index < -0.39 is 41.6 Å². The molecule has 3 aliphatic heterocycles. The van der Waals surface area contributed by atoms with Gasteiger partial charge in [-0.05, 0) is 42.8 Å². The topological polar surface area (TPSA) is 121 Å². The third kappa shape index (κ3) is 5.49. The van der Waals surface area contributed by atoms with Gasteiger partial charge in [0, 0.05) is 43.5 Å². The van der Waals surface area contributed by atoms with Crippen LogP contribution in [0.2, 0.25) is 0 Å². The fourth-order valence-corrected chi connectivity index (χ4v) is 4.99. The summed E-state index contributed by atoms with van der Waals surface area (Å²) in [5.41, 5.74) is 0.634. The number of benzene rings is 2. The molecule has 0 bridgehead atoms. The largest absolute Gasteiger partial charge is 0.497 e. The fourth-order valence-electron chi connectivity index (χ4n) is 4.99. The number of carbonyl (C=O) groups excluding carboxylic acids is 4. The zero-order valence-electron chi connectivity index (χ0n) is 22.0. The van der Waals surface area contributed by atoms with Crippen LogP contribution in [0.1, 0.15) is 24.3 Å². The number of ether oxygens (including phenoxy) is 2. The van der Waals surface area contributed by atoms with Crippen molar-refractivity contribution in [3.05, 3.63) is 53.6 Å². The summed E-state index contributed by atoms with van der Waals surface area (Å²) < 4.78 is 40.1. The van der Waals surface area contributed by atoms with Gasteiger partial charge in [0.1, 0.15) is 23.5 Å². The Morgan fingerprint density at radius 2 is 1.70 bits per heavy atom. The van der Waals surface area contributed by atoms with E-state index >= 15 is 0 Å². The fraction of sp³-hybridized carbons (Fsp3) is 0.407. The lowest BCUT2D eigenvalue weighted by Crippen LogP contribution is -2.62. The second kappa shape index (κ2) is 11.0. The number of amides is 5. The first-order valence-corrected chi connectivity index (χ1v) is 12.8. The van der Waals surface area contributed by atoms with E-state index in [0.717, 1.165) is 12.1 Å². The predicted molar refractivity (Wildman–Crippen MR) is 139 cm³/mol. The van der Waals surface area contributed by atoms with Crippen LogP contribution in [-0.2, 0) is 14.3 Å². The molecule has 2 N–H and O–H groups in total. The summed E-state index contributed by atoms with van der Waals surface area (Å²) in [7, 11) is 3.22. The first-order valence-electron chi connectivity index (χ1n) is 12.8. The Kier molecular flexibility index (Phi) is 7.46. The van der Waals surface area contributed by atoms with Crippen LogP contribution >= 0.6 is 0 Å². The molecule has 0 aromatic heterocycles. The molecule has 3 heterocycles. The van der Waals surface area contributed by atoms with E-state index in [4.69, 9.17) is 9.47 Å². The van der Waals surface area contributed by atoms with Crippen molar-refractivity contribution in [2.24, 2.45) is 0 Å². The van der Waals surface area contributed by atoms with E-state index in [9.17, 15) is 28.0 Å². The monoisotopic (exact) mass is 557 g/mol. The molecule has 13 heteroatoms. The number of urea groups is 1. The van der Waals surface area contributed by atoms with E-state index in [1.165, 1.54) is 4.90 Å². The van der Waals surface area contributed by atoms with Crippen LogP contribution in [0.4, 0.5) is 29.7 Å². The number of methoxy groups -OCH3 is 1. The number of alkyl carbamates (subject to hydrolysis) is 1. The summed E-state index contributed by atoms with van der Waals surface area (Å²) >= 11 is 0. The highest BCUT2D eigenvalue weighted by Crippen LogP contribution is 2.33. The average molecular weight is 558 g/mol. The summed E-state index contributed by atoms with van der Waals surface area (Å²) in [5, 5.41) is 4.83. The number of carbonyl (C=O) groups is 4. The van der Waals surface area contributed by atoms with Crippen molar-refractivity contribution < 1.29 is 37.4 Å². The summed E-state index contributed by atoms with van der Waals surface area (Å²) in [6.07, 6.45) is -1.01. The highest BCUT2D eigenvalue weighted by atomic mass is 19.1.